The Bertz CT molecular complexity index is 1480. The van der Waals surface area contributed by atoms with E-state index >= 15 is 0 Å². The fraction of sp³-hybridized carbons (Fsp3) is 0.389. The second-order valence-corrected chi connectivity index (χ2v) is 12.1. The van der Waals surface area contributed by atoms with E-state index < -0.39 is 5.97 Å². The number of carbonyl (C=O) groups excluding carboxylic acids is 1. The molecule has 2 aliphatic rings. The number of rotatable bonds is 9. The van der Waals surface area contributed by atoms with E-state index in [1.807, 2.05) is 53.4 Å². The third kappa shape index (κ3) is 7.21. The summed E-state index contributed by atoms with van der Waals surface area (Å²) in [6.07, 6.45) is 2.77. The van der Waals surface area contributed by atoms with Crippen LogP contribution in [-0.2, 0) is 6.54 Å². The number of nitrogens with zero attached hydrogens (tertiary/aromatic N) is 4. The minimum absolute atomic E-state index is 0.00603. The molecule has 5 rings (SSSR count). The lowest BCUT2D eigenvalue weighted by atomic mass is 9.92. The molecule has 3 atom stereocenters. The van der Waals surface area contributed by atoms with Crippen LogP contribution in [0.3, 0.4) is 0 Å². The van der Waals surface area contributed by atoms with Crippen molar-refractivity contribution in [3.8, 4) is 5.75 Å². The van der Waals surface area contributed by atoms with Gasteiger partial charge in [0.1, 0.15) is 5.75 Å². The standard InChI is InChI=1S/C36H44N4O4/c1-4-16-39-23-27(3)40(24-26(39)2)34(29-12-8-14-32(41)22-29)28-11-7-13-30(21-28)35(42)38-18-9-17-37(19-20-38)25-31-10-5-6-15-33(31)36(43)44/h4-8,10-15,21-22,26-27,34,41H,1,9,16-20,23-25H2,2-3H3,(H,43,44)/t26-,27+,34?/m1/s1. The maximum Gasteiger partial charge on any atom is 0.336 e. The van der Waals surface area contributed by atoms with Gasteiger partial charge >= 0.3 is 5.97 Å². The molecule has 3 aromatic carbocycles. The van der Waals surface area contributed by atoms with Gasteiger partial charge in [-0.25, -0.2) is 4.79 Å². The van der Waals surface area contributed by atoms with Crippen LogP contribution in [0, 0.1) is 0 Å². The first-order chi connectivity index (χ1) is 21.2. The zero-order valence-corrected chi connectivity index (χ0v) is 25.8. The molecule has 232 valence electrons. The van der Waals surface area contributed by atoms with Crippen LogP contribution in [0.4, 0.5) is 0 Å². The molecule has 1 amide bonds. The topological polar surface area (TPSA) is 87.6 Å². The van der Waals surface area contributed by atoms with Crippen molar-refractivity contribution in [2.45, 2.75) is 44.9 Å². The number of carbonyl (C=O) groups is 2. The number of hydrogen-bond acceptors (Lipinski definition) is 6. The van der Waals surface area contributed by atoms with Gasteiger partial charge in [0, 0.05) is 70.0 Å². The predicted molar refractivity (Wildman–Crippen MR) is 173 cm³/mol. The van der Waals surface area contributed by atoms with E-state index in [2.05, 4.69) is 47.3 Å². The van der Waals surface area contributed by atoms with Gasteiger partial charge in [0.15, 0.2) is 0 Å². The highest BCUT2D eigenvalue weighted by molar-refractivity contribution is 5.94. The first-order valence-electron chi connectivity index (χ1n) is 15.6. The Morgan fingerprint density at radius 2 is 1.66 bits per heavy atom. The fourth-order valence-electron chi connectivity index (χ4n) is 6.74. The molecule has 0 radical (unpaired) electrons. The summed E-state index contributed by atoms with van der Waals surface area (Å²) < 4.78 is 0. The monoisotopic (exact) mass is 596 g/mol. The van der Waals surface area contributed by atoms with Crippen molar-refractivity contribution in [2.24, 2.45) is 0 Å². The van der Waals surface area contributed by atoms with Gasteiger partial charge in [0.25, 0.3) is 5.91 Å². The lowest BCUT2D eigenvalue weighted by Crippen LogP contribution is -2.57. The summed E-state index contributed by atoms with van der Waals surface area (Å²) in [7, 11) is 0. The highest BCUT2D eigenvalue weighted by Gasteiger charge is 2.35. The fourth-order valence-corrected chi connectivity index (χ4v) is 6.74. The highest BCUT2D eigenvalue weighted by Crippen LogP contribution is 2.35. The quantitative estimate of drug-likeness (QED) is 0.332. The minimum Gasteiger partial charge on any atom is -0.508 e. The zero-order valence-electron chi connectivity index (χ0n) is 25.8. The van der Waals surface area contributed by atoms with Crippen LogP contribution < -0.4 is 0 Å². The van der Waals surface area contributed by atoms with Gasteiger partial charge in [-0.1, -0.05) is 48.5 Å². The van der Waals surface area contributed by atoms with Crippen molar-refractivity contribution in [3.05, 3.63) is 113 Å². The number of aromatic hydroxyl groups is 1. The van der Waals surface area contributed by atoms with Gasteiger partial charge in [-0.3, -0.25) is 19.5 Å². The number of carboxylic acids is 1. The SMILES string of the molecule is C=CCN1C[C@H](C)N(C(c2cccc(O)c2)c2cccc(C(=O)N3CCCN(Cc4ccccc4C(=O)O)CC3)c2)C[C@H]1C. The second kappa shape index (κ2) is 14.2. The molecule has 8 nitrogen and oxygen atoms in total. The Kier molecular flexibility index (Phi) is 10.1. The molecule has 2 N–H and O–H groups in total. The van der Waals surface area contributed by atoms with Crippen molar-refractivity contribution < 1.29 is 19.8 Å². The molecule has 0 aromatic heterocycles. The Labute approximate surface area is 260 Å². The van der Waals surface area contributed by atoms with Crippen molar-refractivity contribution >= 4 is 11.9 Å². The molecule has 0 aliphatic carbocycles. The molecule has 2 saturated heterocycles. The van der Waals surface area contributed by atoms with E-state index in [0.29, 0.717) is 43.3 Å². The van der Waals surface area contributed by atoms with Crippen LogP contribution in [0.25, 0.3) is 0 Å². The largest absolute Gasteiger partial charge is 0.508 e. The lowest BCUT2D eigenvalue weighted by molar-refractivity contribution is 0.0306. The third-order valence-corrected chi connectivity index (χ3v) is 9.01. The summed E-state index contributed by atoms with van der Waals surface area (Å²) in [4.78, 5) is 34.7. The van der Waals surface area contributed by atoms with Crippen molar-refractivity contribution in [1.82, 2.24) is 19.6 Å². The molecule has 1 unspecified atom stereocenters. The molecule has 2 heterocycles. The van der Waals surface area contributed by atoms with Gasteiger partial charge in [0.05, 0.1) is 11.6 Å². The van der Waals surface area contributed by atoms with Gasteiger partial charge in [-0.05, 0) is 67.3 Å². The number of piperazine rings is 1. The summed E-state index contributed by atoms with van der Waals surface area (Å²) in [5.41, 5.74) is 3.80. The van der Waals surface area contributed by atoms with Crippen LogP contribution in [0.5, 0.6) is 5.75 Å². The number of phenols is 1. The average Bonchev–Trinajstić information content (AvgIpc) is 3.25. The molecular formula is C36H44N4O4. The maximum atomic E-state index is 13.9. The van der Waals surface area contributed by atoms with Crippen LogP contribution in [0.15, 0.2) is 85.5 Å². The molecule has 8 heteroatoms. The van der Waals surface area contributed by atoms with E-state index in [1.165, 1.54) is 0 Å². The number of aromatic carboxylic acids is 1. The first kappa shape index (κ1) is 31.4. The molecule has 0 spiro atoms. The van der Waals surface area contributed by atoms with E-state index in [4.69, 9.17) is 0 Å². The van der Waals surface area contributed by atoms with Crippen LogP contribution in [0.2, 0.25) is 0 Å². The molecule has 2 aliphatic heterocycles. The van der Waals surface area contributed by atoms with E-state index in [1.54, 1.807) is 18.2 Å². The summed E-state index contributed by atoms with van der Waals surface area (Å²) in [5.74, 6) is -0.684. The van der Waals surface area contributed by atoms with Crippen molar-refractivity contribution in [3.63, 3.8) is 0 Å². The number of hydrogen-bond donors (Lipinski definition) is 2. The van der Waals surface area contributed by atoms with Crippen LogP contribution in [0.1, 0.15) is 63.7 Å². The smallest absolute Gasteiger partial charge is 0.336 e. The summed E-state index contributed by atoms with van der Waals surface area (Å²) in [6.45, 7) is 14.3. The molecular weight excluding hydrogens is 552 g/mol. The van der Waals surface area contributed by atoms with Crippen molar-refractivity contribution in [2.75, 3.05) is 45.8 Å². The highest BCUT2D eigenvalue weighted by atomic mass is 16.4. The first-order valence-corrected chi connectivity index (χ1v) is 15.6. The summed E-state index contributed by atoms with van der Waals surface area (Å²) in [5, 5.41) is 20.0. The van der Waals surface area contributed by atoms with Gasteiger partial charge < -0.3 is 15.1 Å². The van der Waals surface area contributed by atoms with E-state index in [9.17, 15) is 19.8 Å². The number of benzene rings is 3. The number of amides is 1. The Morgan fingerprint density at radius 3 is 2.41 bits per heavy atom. The summed E-state index contributed by atoms with van der Waals surface area (Å²) in [6, 6.07) is 23.0. The Morgan fingerprint density at radius 1 is 0.909 bits per heavy atom. The molecule has 0 saturated carbocycles. The molecule has 3 aromatic rings. The average molecular weight is 597 g/mol. The zero-order chi connectivity index (χ0) is 31.2. The van der Waals surface area contributed by atoms with E-state index in [0.717, 1.165) is 49.3 Å². The van der Waals surface area contributed by atoms with Crippen LogP contribution >= 0.6 is 0 Å². The van der Waals surface area contributed by atoms with Gasteiger partial charge in [0.2, 0.25) is 0 Å². The Balaban J connectivity index is 1.35. The molecule has 0 bridgehead atoms. The molecule has 44 heavy (non-hydrogen) atoms. The second-order valence-electron chi connectivity index (χ2n) is 12.1. The number of phenolic OH excluding ortho intramolecular Hbond substituents is 1. The molecule has 2 fully saturated rings. The van der Waals surface area contributed by atoms with Gasteiger partial charge in [-0.2, -0.15) is 0 Å². The minimum atomic E-state index is -0.918. The van der Waals surface area contributed by atoms with E-state index in [-0.39, 0.29) is 23.7 Å². The lowest BCUT2D eigenvalue weighted by Gasteiger charge is -2.47. The third-order valence-electron chi connectivity index (χ3n) is 9.01. The van der Waals surface area contributed by atoms with Crippen LogP contribution in [-0.4, -0.2) is 99.6 Å². The van der Waals surface area contributed by atoms with Crippen molar-refractivity contribution in [1.29, 1.82) is 0 Å². The number of carboxylic acid groups (broad SMARTS) is 1. The normalized spacial score (nSPS) is 21.0. The Hall–Kier alpha value is -3.98. The van der Waals surface area contributed by atoms with Gasteiger partial charge in [-0.15, -0.1) is 6.58 Å². The predicted octanol–water partition coefficient (Wildman–Crippen LogP) is 5.11. The maximum absolute atomic E-state index is 13.9. The summed E-state index contributed by atoms with van der Waals surface area (Å²) >= 11 is 0.